The van der Waals surface area contributed by atoms with E-state index in [9.17, 15) is 18.8 Å². The molecule has 2 atom stereocenters. The molecule has 5 heterocycles. The van der Waals surface area contributed by atoms with Crippen molar-refractivity contribution in [1.82, 2.24) is 29.0 Å². The number of Topliss-reactive ketones (excluding diaryl/α,β-unsaturated/α-hetero) is 1. The summed E-state index contributed by atoms with van der Waals surface area (Å²) >= 11 is 9.43. The van der Waals surface area contributed by atoms with Gasteiger partial charge in [-0.05, 0) is 46.3 Å². The summed E-state index contributed by atoms with van der Waals surface area (Å²) in [7, 11) is 0. The predicted octanol–water partition coefficient (Wildman–Crippen LogP) is 4.94. The van der Waals surface area contributed by atoms with Crippen LogP contribution in [0.2, 0.25) is 5.02 Å². The molecule has 208 valence electrons. The Kier molecular flexibility index (Phi) is 7.04. The molecule has 0 aliphatic carbocycles. The van der Waals surface area contributed by atoms with Gasteiger partial charge in [-0.3, -0.25) is 19.1 Å². The van der Waals surface area contributed by atoms with Crippen LogP contribution in [0.25, 0.3) is 27.8 Å². The highest BCUT2D eigenvalue weighted by Crippen LogP contribution is 2.29. The lowest BCUT2D eigenvalue weighted by Crippen LogP contribution is -2.44. The molecule has 1 N–H and O–H groups in total. The number of rotatable bonds is 6. The molecule has 1 saturated heterocycles. The number of carbonyl (C=O) groups is 3. The number of nitrogens with one attached hydrogen (secondary N) is 1. The lowest BCUT2D eigenvalue weighted by atomic mass is 10.2. The third kappa shape index (κ3) is 5.20. The molecule has 0 radical (unpaired) electrons. The van der Waals surface area contributed by atoms with E-state index in [0.717, 1.165) is 5.56 Å². The van der Waals surface area contributed by atoms with E-state index in [2.05, 4.69) is 31.3 Å². The Balaban J connectivity index is 1.35. The van der Waals surface area contributed by atoms with E-state index in [1.54, 1.807) is 47.0 Å². The van der Waals surface area contributed by atoms with Crippen molar-refractivity contribution in [2.24, 2.45) is 0 Å². The molecule has 13 heteroatoms. The first-order valence-corrected chi connectivity index (χ1v) is 13.9. The highest BCUT2D eigenvalue weighted by atomic mass is 79.9. The molecule has 0 saturated carbocycles. The number of aromatic nitrogens is 5. The normalized spacial score (nSPS) is 16.9. The minimum absolute atomic E-state index is 0.141. The van der Waals surface area contributed by atoms with Crippen LogP contribution in [-0.2, 0) is 16.1 Å². The van der Waals surface area contributed by atoms with Crippen LogP contribution in [0.3, 0.4) is 0 Å². The van der Waals surface area contributed by atoms with Crippen LogP contribution in [0.4, 0.5) is 10.2 Å². The van der Waals surface area contributed by atoms with Gasteiger partial charge in [0.1, 0.15) is 40.4 Å². The summed E-state index contributed by atoms with van der Waals surface area (Å²) in [5, 5.41) is 8.20. The van der Waals surface area contributed by atoms with Gasteiger partial charge in [0, 0.05) is 41.7 Å². The van der Waals surface area contributed by atoms with Crippen molar-refractivity contribution >= 4 is 67.5 Å². The highest BCUT2D eigenvalue weighted by molar-refractivity contribution is 9.10. The average molecular weight is 639 g/mol. The quantitative estimate of drug-likeness (QED) is 0.208. The van der Waals surface area contributed by atoms with Gasteiger partial charge in [0.05, 0.1) is 12.2 Å². The van der Waals surface area contributed by atoms with Crippen molar-refractivity contribution in [2.75, 3.05) is 11.9 Å². The fourth-order valence-electron chi connectivity index (χ4n) is 5.08. The van der Waals surface area contributed by atoms with E-state index in [1.807, 2.05) is 18.3 Å². The first-order chi connectivity index (χ1) is 19.7. The standard InChI is InChI=1S/C28H22BrClFN7O3/c1-15(39)25-19-8-9-36-13-20(16-4-2-5-17(30)10-16)32-27(36)26(19)38(35-25)14-24(40)37-12-18(31)11-21(37)28(41)34-23-7-3-6-22(29)33-23/h2-10,13,18,21H,11-12,14H2,1H3,(H,33,34,41)/t18-,21+/m1/s1. The zero-order valence-electron chi connectivity index (χ0n) is 21.6. The SMILES string of the molecule is CC(=O)c1nn(CC(=O)N2C[C@H](F)C[C@H]2C(=O)Nc2cccc(Br)n2)c2c1ccn1cc(-c3cccc(Cl)c3)nc21. The molecule has 5 aromatic rings. The molecule has 0 bridgehead atoms. The molecule has 1 aromatic carbocycles. The number of ketones is 1. The van der Waals surface area contributed by atoms with Gasteiger partial charge in [-0.15, -0.1) is 0 Å². The van der Waals surface area contributed by atoms with Gasteiger partial charge in [0.2, 0.25) is 11.8 Å². The van der Waals surface area contributed by atoms with E-state index in [1.165, 1.54) is 16.5 Å². The molecule has 10 nitrogen and oxygen atoms in total. The topological polar surface area (TPSA) is 114 Å². The van der Waals surface area contributed by atoms with E-state index >= 15 is 0 Å². The number of benzene rings is 1. The lowest BCUT2D eigenvalue weighted by molar-refractivity contribution is -0.137. The summed E-state index contributed by atoms with van der Waals surface area (Å²) in [4.78, 5) is 49.3. The summed E-state index contributed by atoms with van der Waals surface area (Å²) in [5.74, 6) is -1.06. The molecule has 1 aliphatic heterocycles. The van der Waals surface area contributed by atoms with E-state index in [0.29, 0.717) is 31.9 Å². The Labute approximate surface area is 246 Å². The number of anilines is 1. The number of halogens is 3. The third-order valence-electron chi connectivity index (χ3n) is 6.91. The lowest BCUT2D eigenvalue weighted by Gasteiger charge is -2.23. The summed E-state index contributed by atoms with van der Waals surface area (Å²) in [5.41, 5.74) is 2.56. The average Bonchev–Trinajstić information content (AvgIpc) is 3.63. The molecular weight excluding hydrogens is 617 g/mol. The summed E-state index contributed by atoms with van der Waals surface area (Å²) in [6, 6.07) is 13.0. The van der Waals surface area contributed by atoms with Gasteiger partial charge >= 0.3 is 0 Å². The molecular formula is C28H22BrClFN7O3. The summed E-state index contributed by atoms with van der Waals surface area (Å²) < 4.78 is 18.3. The Morgan fingerprint density at radius 2 is 1.95 bits per heavy atom. The monoisotopic (exact) mass is 637 g/mol. The fraction of sp³-hybridized carbons (Fsp3) is 0.214. The Hall–Kier alpha value is -4.16. The van der Waals surface area contributed by atoms with Crippen LogP contribution in [0.5, 0.6) is 0 Å². The first-order valence-electron chi connectivity index (χ1n) is 12.7. The number of amides is 2. The van der Waals surface area contributed by atoms with Crippen LogP contribution >= 0.6 is 27.5 Å². The summed E-state index contributed by atoms with van der Waals surface area (Å²) in [6.45, 7) is 0.833. The van der Waals surface area contributed by atoms with Crippen LogP contribution in [-0.4, -0.2) is 65.4 Å². The number of fused-ring (bicyclic) bond motifs is 3. The van der Waals surface area contributed by atoms with Crippen molar-refractivity contribution in [3.63, 3.8) is 0 Å². The number of pyridine rings is 2. The van der Waals surface area contributed by atoms with Gasteiger partial charge in [-0.1, -0.05) is 29.8 Å². The second-order valence-electron chi connectivity index (χ2n) is 9.74. The third-order valence-corrected chi connectivity index (χ3v) is 7.59. The number of hydrogen-bond donors (Lipinski definition) is 1. The molecule has 1 aliphatic rings. The van der Waals surface area contributed by atoms with E-state index in [4.69, 9.17) is 16.6 Å². The van der Waals surface area contributed by atoms with Crippen LogP contribution in [0, 0.1) is 0 Å². The predicted molar refractivity (Wildman–Crippen MR) is 155 cm³/mol. The zero-order valence-corrected chi connectivity index (χ0v) is 23.9. The molecule has 6 rings (SSSR count). The molecule has 4 aromatic heterocycles. The number of alkyl halides is 1. The van der Waals surface area contributed by atoms with Gasteiger partial charge in [-0.25, -0.2) is 14.4 Å². The van der Waals surface area contributed by atoms with Crippen LogP contribution in [0.1, 0.15) is 23.8 Å². The Morgan fingerprint density at radius 3 is 2.71 bits per heavy atom. The molecule has 41 heavy (non-hydrogen) atoms. The number of hydrogen-bond acceptors (Lipinski definition) is 6. The second kappa shape index (κ2) is 10.7. The molecule has 2 amide bonds. The maximum Gasteiger partial charge on any atom is 0.248 e. The van der Waals surface area contributed by atoms with Crippen molar-refractivity contribution in [3.8, 4) is 11.3 Å². The van der Waals surface area contributed by atoms with Gasteiger partial charge < -0.3 is 14.6 Å². The Bertz CT molecular complexity index is 1860. The highest BCUT2D eigenvalue weighted by Gasteiger charge is 2.40. The second-order valence-corrected chi connectivity index (χ2v) is 11.0. The maximum absolute atomic E-state index is 14.6. The molecule has 0 unspecified atom stereocenters. The molecule has 1 fully saturated rings. The van der Waals surface area contributed by atoms with Crippen molar-refractivity contribution in [3.05, 3.63) is 76.2 Å². The largest absolute Gasteiger partial charge is 0.326 e. The smallest absolute Gasteiger partial charge is 0.248 e. The van der Waals surface area contributed by atoms with Gasteiger partial charge in [0.25, 0.3) is 0 Å². The van der Waals surface area contributed by atoms with Crippen molar-refractivity contribution < 1.29 is 18.8 Å². The van der Waals surface area contributed by atoms with E-state index in [-0.39, 0.29) is 36.8 Å². The first kappa shape index (κ1) is 27.0. The number of carbonyl (C=O) groups excluding carboxylic acids is 3. The minimum Gasteiger partial charge on any atom is -0.326 e. The van der Waals surface area contributed by atoms with Crippen molar-refractivity contribution in [1.29, 1.82) is 0 Å². The number of nitrogens with zero attached hydrogens (tertiary/aromatic N) is 6. The van der Waals surface area contributed by atoms with Gasteiger partial charge in [-0.2, -0.15) is 5.10 Å². The Morgan fingerprint density at radius 1 is 1.15 bits per heavy atom. The number of likely N-dealkylation sites (tertiary alicyclic amines) is 1. The fourth-order valence-corrected chi connectivity index (χ4v) is 5.62. The van der Waals surface area contributed by atoms with Gasteiger partial charge in [0.15, 0.2) is 11.4 Å². The number of imidazole rings is 1. The van der Waals surface area contributed by atoms with E-state index < -0.39 is 24.0 Å². The van der Waals surface area contributed by atoms with Crippen LogP contribution in [0.15, 0.2) is 65.5 Å². The van der Waals surface area contributed by atoms with Crippen LogP contribution < -0.4 is 5.32 Å². The zero-order chi connectivity index (χ0) is 28.8. The van der Waals surface area contributed by atoms with Crippen molar-refractivity contribution in [2.45, 2.75) is 32.1 Å². The minimum atomic E-state index is -1.37. The molecule has 0 spiro atoms. The maximum atomic E-state index is 14.6. The summed E-state index contributed by atoms with van der Waals surface area (Å²) in [6.07, 6.45) is 2.07.